The van der Waals surface area contributed by atoms with E-state index in [1.807, 2.05) is 0 Å². The molecule has 0 radical (unpaired) electrons. The second-order valence-corrected chi connectivity index (χ2v) is 8.66. The molecule has 0 spiro atoms. The second kappa shape index (κ2) is 5.78. The fraction of sp³-hybridized carbons (Fsp3) is 0.762. The van der Waals surface area contributed by atoms with Crippen LogP contribution in [-0.2, 0) is 4.74 Å². The lowest BCUT2D eigenvalue weighted by atomic mass is 9.39. The van der Waals surface area contributed by atoms with Crippen molar-refractivity contribution in [3.05, 3.63) is 23.8 Å². The number of hydrogen-bond acceptors (Lipinski definition) is 2. The van der Waals surface area contributed by atoms with E-state index in [1.165, 1.54) is 24.0 Å². The molecule has 4 atom stereocenters. The lowest BCUT2D eigenvalue weighted by Gasteiger charge is -2.63. The summed E-state index contributed by atoms with van der Waals surface area (Å²) in [4.78, 5) is 0. The molecule has 1 heterocycles. The minimum atomic E-state index is -0.206. The second-order valence-electron chi connectivity index (χ2n) is 8.66. The molecule has 1 saturated heterocycles. The van der Waals surface area contributed by atoms with Gasteiger partial charge < -0.3 is 4.74 Å². The molecule has 2 nitrogen and oxygen atoms in total. The topological polar surface area (TPSA) is 33.0 Å². The minimum absolute atomic E-state index is 0.0868. The van der Waals surface area contributed by atoms with Gasteiger partial charge in [-0.1, -0.05) is 38.5 Å². The molecule has 2 saturated carbocycles. The van der Waals surface area contributed by atoms with Crippen molar-refractivity contribution >= 4 is 0 Å². The summed E-state index contributed by atoms with van der Waals surface area (Å²) < 4.78 is 5.49. The third-order valence-corrected chi connectivity index (χ3v) is 7.80. The monoisotopic (exact) mass is 313 g/mol. The van der Waals surface area contributed by atoms with Gasteiger partial charge in [-0.3, -0.25) is 0 Å². The van der Waals surface area contributed by atoms with Crippen molar-refractivity contribution in [3.63, 3.8) is 0 Å². The van der Waals surface area contributed by atoms with Crippen LogP contribution in [0.2, 0.25) is 0 Å². The number of nitrogens with zero attached hydrogens (tertiary/aromatic N) is 1. The van der Waals surface area contributed by atoms with Gasteiger partial charge in [-0.05, 0) is 67.8 Å². The van der Waals surface area contributed by atoms with E-state index in [0.717, 1.165) is 45.3 Å². The van der Waals surface area contributed by atoms with Gasteiger partial charge in [-0.25, -0.2) is 0 Å². The first-order chi connectivity index (χ1) is 10.9. The van der Waals surface area contributed by atoms with Crippen molar-refractivity contribution in [2.24, 2.45) is 22.2 Å². The summed E-state index contributed by atoms with van der Waals surface area (Å²) in [5, 5.41) is 9.92. The Balaban J connectivity index is 1.93. The third-order valence-electron chi connectivity index (χ3n) is 7.80. The highest BCUT2D eigenvalue weighted by molar-refractivity contribution is 5.25. The van der Waals surface area contributed by atoms with Crippen LogP contribution in [0.25, 0.3) is 0 Å². The predicted molar refractivity (Wildman–Crippen MR) is 93.8 cm³/mol. The Morgan fingerprint density at radius 1 is 1.26 bits per heavy atom. The summed E-state index contributed by atoms with van der Waals surface area (Å²) in [6.07, 6.45) is 10.2. The van der Waals surface area contributed by atoms with Gasteiger partial charge in [0.25, 0.3) is 0 Å². The minimum Gasteiger partial charge on any atom is -0.377 e. The number of ether oxygens (including phenoxy) is 1. The van der Waals surface area contributed by atoms with E-state index in [1.54, 1.807) is 0 Å². The summed E-state index contributed by atoms with van der Waals surface area (Å²) in [6, 6.07) is 2.71. The number of nitriles is 1. The van der Waals surface area contributed by atoms with E-state index in [0.29, 0.717) is 5.92 Å². The molecule has 1 aliphatic heterocycles. The average molecular weight is 313 g/mol. The Morgan fingerprint density at radius 3 is 2.70 bits per heavy atom. The number of allylic oxidation sites excluding steroid dienone is 2. The molecular formula is C21H31NO. The molecular weight excluding hydrogens is 282 g/mol. The molecule has 0 bridgehead atoms. The van der Waals surface area contributed by atoms with Crippen molar-refractivity contribution in [3.8, 4) is 6.07 Å². The Bertz CT molecular complexity index is 563. The Morgan fingerprint density at radius 2 is 2.04 bits per heavy atom. The van der Waals surface area contributed by atoms with Gasteiger partial charge in [0.2, 0.25) is 0 Å². The Labute approximate surface area is 141 Å². The molecule has 0 amide bonds. The lowest BCUT2D eigenvalue weighted by Crippen LogP contribution is -2.57. The quantitative estimate of drug-likeness (QED) is 0.638. The summed E-state index contributed by atoms with van der Waals surface area (Å²) in [7, 11) is 0. The van der Waals surface area contributed by atoms with Gasteiger partial charge in [-0.15, -0.1) is 0 Å². The van der Waals surface area contributed by atoms with E-state index in [-0.39, 0.29) is 16.2 Å². The van der Waals surface area contributed by atoms with Crippen LogP contribution in [0.5, 0.6) is 0 Å². The van der Waals surface area contributed by atoms with Crippen molar-refractivity contribution < 1.29 is 4.74 Å². The van der Waals surface area contributed by atoms with Gasteiger partial charge in [-0.2, -0.15) is 5.26 Å². The van der Waals surface area contributed by atoms with E-state index in [4.69, 9.17) is 4.74 Å². The Hall–Kier alpha value is -1.07. The Kier molecular flexibility index (Phi) is 4.21. The zero-order chi connectivity index (χ0) is 16.7. The van der Waals surface area contributed by atoms with Crippen LogP contribution in [-0.4, -0.2) is 13.2 Å². The average Bonchev–Trinajstić information content (AvgIpc) is 3.03. The van der Waals surface area contributed by atoms with Crippen molar-refractivity contribution in [2.75, 3.05) is 13.2 Å². The first-order valence-corrected chi connectivity index (χ1v) is 9.21. The van der Waals surface area contributed by atoms with Crippen LogP contribution < -0.4 is 0 Å². The maximum absolute atomic E-state index is 9.92. The van der Waals surface area contributed by atoms with E-state index in [9.17, 15) is 5.26 Å². The van der Waals surface area contributed by atoms with Gasteiger partial charge >= 0.3 is 0 Å². The number of rotatable bonds is 2. The van der Waals surface area contributed by atoms with E-state index in [2.05, 4.69) is 39.5 Å². The fourth-order valence-corrected chi connectivity index (χ4v) is 5.68. The van der Waals surface area contributed by atoms with Crippen molar-refractivity contribution in [2.45, 2.75) is 65.7 Å². The van der Waals surface area contributed by atoms with Crippen LogP contribution >= 0.6 is 0 Å². The molecule has 3 rings (SSSR count). The number of fused-ring (bicyclic) bond motifs is 1. The van der Waals surface area contributed by atoms with Gasteiger partial charge in [0.05, 0.1) is 24.7 Å². The zero-order valence-corrected chi connectivity index (χ0v) is 15.1. The molecule has 0 N–H and O–H groups in total. The normalized spacial score (nSPS) is 45.7. The highest BCUT2D eigenvalue weighted by Crippen LogP contribution is 2.68. The maximum Gasteiger partial charge on any atom is 0.0692 e. The summed E-state index contributed by atoms with van der Waals surface area (Å²) in [5.41, 5.74) is 2.92. The van der Waals surface area contributed by atoms with E-state index < -0.39 is 0 Å². The molecule has 0 aromatic rings. The largest absolute Gasteiger partial charge is 0.377 e. The molecule has 3 aliphatic rings. The first-order valence-electron chi connectivity index (χ1n) is 9.21. The molecule has 23 heavy (non-hydrogen) atoms. The molecule has 3 fully saturated rings. The third kappa shape index (κ3) is 2.40. The smallest absolute Gasteiger partial charge is 0.0692 e. The SMILES string of the molecule is C=C1CC[C@@]2(C)[C@@](C)(CCC[C@@]2(C)C#N)[C@@H]1C/C=C1\CCOC1. The molecule has 2 aliphatic carbocycles. The van der Waals surface area contributed by atoms with Crippen LogP contribution in [0.3, 0.4) is 0 Å². The highest BCUT2D eigenvalue weighted by Gasteiger charge is 2.62. The predicted octanol–water partition coefficient (Wildman–Crippen LogP) is 5.42. The maximum atomic E-state index is 9.92. The van der Waals surface area contributed by atoms with Crippen molar-refractivity contribution in [1.82, 2.24) is 0 Å². The molecule has 0 unspecified atom stereocenters. The van der Waals surface area contributed by atoms with Gasteiger partial charge in [0.1, 0.15) is 0 Å². The van der Waals surface area contributed by atoms with Gasteiger partial charge in [0, 0.05) is 0 Å². The first kappa shape index (κ1) is 16.8. The molecule has 0 aromatic carbocycles. The highest BCUT2D eigenvalue weighted by atomic mass is 16.5. The lowest BCUT2D eigenvalue weighted by molar-refractivity contribution is -0.118. The molecule has 2 heteroatoms. The molecule has 0 aromatic heterocycles. The standard InChI is InChI=1S/C21H31NO/c1-16-8-12-21(4)19(2,15-22)10-5-11-20(21,3)18(16)7-6-17-9-13-23-14-17/h6,18H,1,5,7-14H2,2-4H3/b17-6+/t18-,19+,20+,21-/m1/s1. The number of hydrogen-bond donors (Lipinski definition) is 0. The molecule has 126 valence electrons. The van der Waals surface area contributed by atoms with Crippen LogP contribution in [0.4, 0.5) is 0 Å². The summed E-state index contributed by atoms with van der Waals surface area (Å²) >= 11 is 0. The van der Waals surface area contributed by atoms with E-state index >= 15 is 0 Å². The van der Waals surface area contributed by atoms with Crippen LogP contribution in [0.15, 0.2) is 23.8 Å². The summed E-state index contributed by atoms with van der Waals surface area (Å²) in [5.74, 6) is 0.502. The van der Waals surface area contributed by atoms with Crippen LogP contribution in [0.1, 0.15) is 65.7 Å². The van der Waals surface area contributed by atoms with Crippen molar-refractivity contribution in [1.29, 1.82) is 5.26 Å². The van der Waals surface area contributed by atoms with Gasteiger partial charge in [0.15, 0.2) is 0 Å². The van der Waals surface area contributed by atoms with Crippen LogP contribution in [0, 0.1) is 33.5 Å². The zero-order valence-electron chi connectivity index (χ0n) is 15.1. The fourth-order valence-electron chi connectivity index (χ4n) is 5.68. The summed E-state index contributed by atoms with van der Waals surface area (Å²) in [6.45, 7) is 13.2.